The van der Waals surface area contributed by atoms with Gasteiger partial charge in [0.25, 0.3) is 5.91 Å². The predicted octanol–water partition coefficient (Wildman–Crippen LogP) is 1.55. The second kappa shape index (κ2) is 6.70. The zero-order valence-electron chi connectivity index (χ0n) is 12.1. The normalized spacial score (nSPS) is 14.8. The van der Waals surface area contributed by atoms with Gasteiger partial charge in [-0.15, -0.1) is 11.3 Å². The number of aromatic nitrogens is 1. The second-order valence-corrected chi connectivity index (χ2v) is 6.17. The number of nitrogens with zero attached hydrogens (tertiary/aromatic N) is 2. The molecule has 0 unspecified atom stereocenters. The number of carbonyl (C=O) groups is 2. The molecule has 3 rings (SSSR count). The molecule has 1 aliphatic rings. The van der Waals surface area contributed by atoms with Crippen molar-refractivity contribution in [1.29, 1.82) is 0 Å². The van der Waals surface area contributed by atoms with E-state index >= 15 is 0 Å². The van der Waals surface area contributed by atoms with Gasteiger partial charge >= 0.3 is 0 Å². The number of nitrogens with one attached hydrogen (secondary N) is 1. The third kappa shape index (κ3) is 3.92. The summed E-state index contributed by atoms with van der Waals surface area (Å²) in [5.41, 5.74) is 1.15. The Labute approximate surface area is 132 Å². The third-order valence-electron chi connectivity index (χ3n) is 3.44. The molecule has 6 heteroatoms. The van der Waals surface area contributed by atoms with Gasteiger partial charge in [0, 0.05) is 24.0 Å². The van der Waals surface area contributed by atoms with Crippen LogP contribution in [-0.4, -0.2) is 22.9 Å². The zero-order valence-corrected chi connectivity index (χ0v) is 12.9. The summed E-state index contributed by atoms with van der Waals surface area (Å²) in [7, 11) is 0. The van der Waals surface area contributed by atoms with E-state index in [4.69, 9.17) is 0 Å². The van der Waals surface area contributed by atoms with Crippen LogP contribution in [0.5, 0.6) is 0 Å². The SMILES string of the molecule is O=C(CNC(=O)C1CC1)N=c1sccn1Cc1ccccc1. The van der Waals surface area contributed by atoms with E-state index in [1.807, 2.05) is 46.5 Å². The van der Waals surface area contributed by atoms with Gasteiger partial charge in [0.05, 0.1) is 6.54 Å². The van der Waals surface area contributed by atoms with Gasteiger partial charge in [0.1, 0.15) is 0 Å². The smallest absolute Gasteiger partial charge is 0.267 e. The molecule has 0 bridgehead atoms. The van der Waals surface area contributed by atoms with Crippen LogP contribution in [0, 0.1) is 5.92 Å². The van der Waals surface area contributed by atoms with Gasteiger partial charge in [-0.05, 0) is 18.4 Å². The fourth-order valence-electron chi connectivity index (χ4n) is 2.09. The van der Waals surface area contributed by atoms with Crippen LogP contribution in [0.3, 0.4) is 0 Å². The zero-order chi connectivity index (χ0) is 15.4. The number of hydrogen-bond acceptors (Lipinski definition) is 3. The summed E-state index contributed by atoms with van der Waals surface area (Å²) in [5, 5.41) is 4.54. The molecule has 2 aromatic rings. The first kappa shape index (κ1) is 14.7. The highest BCUT2D eigenvalue weighted by Crippen LogP contribution is 2.28. The molecule has 1 aromatic heterocycles. The number of thiazole rings is 1. The van der Waals surface area contributed by atoms with E-state index in [2.05, 4.69) is 10.3 Å². The molecule has 2 amide bonds. The number of benzene rings is 1. The van der Waals surface area contributed by atoms with Crippen molar-refractivity contribution in [3.8, 4) is 0 Å². The fourth-order valence-corrected chi connectivity index (χ4v) is 2.83. The maximum absolute atomic E-state index is 11.9. The molecule has 1 aromatic carbocycles. The van der Waals surface area contributed by atoms with E-state index < -0.39 is 0 Å². The van der Waals surface area contributed by atoms with Crippen molar-refractivity contribution in [1.82, 2.24) is 9.88 Å². The second-order valence-electron chi connectivity index (χ2n) is 5.30. The van der Waals surface area contributed by atoms with Crippen molar-refractivity contribution >= 4 is 23.2 Å². The first-order chi connectivity index (χ1) is 10.7. The third-order valence-corrected chi connectivity index (χ3v) is 4.23. The summed E-state index contributed by atoms with van der Waals surface area (Å²) in [6.45, 7) is 0.642. The maximum Gasteiger partial charge on any atom is 0.267 e. The largest absolute Gasteiger partial charge is 0.347 e. The summed E-state index contributed by atoms with van der Waals surface area (Å²) < 4.78 is 1.93. The molecule has 1 aliphatic carbocycles. The molecule has 0 saturated heterocycles. The van der Waals surface area contributed by atoms with Gasteiger partial charge in [0.15, 0.2) is 4.80 Å². The predicted molar refractivity (Wildman–Crippen MR) is 84.2 cm³/mol. The van der Waals surface area contributed by atoms with Gasteiger partial charge in [0.2, 0.25) is 5.91 Å². The molecule has 1 fully saturated rings. The molecule has 0 radical (unpaired) electrons. The summed E-state index contributed by atoms with van der Waals surface area (Å²) in [6.07, 6.45) is 3.77. The Morgan fingerprint density at radius 1 is 1.27 bits per heavy atom. The Morgan fingerprint density at radius 2 is 2.05 bits per heavy atom. The number of amides is 2. The molecule has 0 spiro atoms. The van der Waals surface area contributed by atoms with Gasteiger partial charge in [-0.2, -0.15) is 4.99 Å². The van der Waals surface area contributed by atoms with Gasteiger partial charge in [-0.3, -0.25) is 9.59 Å². The average molecular weight is 315 g/mol. The van der Waals surface area contributed by atoms with Crippen molar-refractivity contribution in [3.05, 3.63) is 52.3 Å². The van der Waals surface area contributed by atoms with Gasteiger partial charge < -0.3 is 9.88 Å². The van der Waals surface area contributed by atoms with Crippen LogP contribution in [0.1, 0.15) is 18.4 Å². The quantitative estimate of drug-likeness (QED) is 0.910. The van der Waals surface area contributed by atoms with Crippen molar-refractivity contribution in [2.24, 2.45) is 10.9 Å². The van der Waals surface area contributed by atoms with Crippen LogP contribution in [0.4, 0.5) is 0 Å². The first-order valence-electron chi connectivity index (χ1n) is 7.25. The summed E-state index contributed by atoms with van der Waals surface area (Å²) in [6, 6.07) is 10.0. The number of hydrogen-bond donors (Lipinski definition) is 1. The van der Waals surface area contributed by atoms with E-state index in [9.17, 15) is 9.59 Å². The Balaban J connectivity index is 1.65. The maximum atomic E-state index is 11.9. The Bertz CT molecular complexity index is 729. The molecular formula is C16H17N3O2S. The minimum atomic E-state index is -0.321. The standard InChI is InChI=1S/C16H17N3O2S/c20-14(10-17-15(21)13-6-7-13)18-16-19(8-9-22-16)11-12-4-2-1-3-5-12/h1-5,8-9,13H,6-7,10-11H2,(H,17,21). The number of carbonyl (C=O) groups excluding carboxylic acids is 2. The highest BCUT2D eigenvalue weighted by molar-refractivity contribution is 7.07. The van der Waals surface area contributed by atoms with Crippen molar-refractivity contribution in [2.45, 2.75) is 19.4 Å². The molecule has 0 aliphatic heterocycles. The van der Waals surface area contributed by atoms with Crippen molar-refractivity contribution in [3.63, 3.8) is 0 Å². The van der Waals surface area contributed by atoms with Crippen LogP contribution >= 0.6 is 11.3 Å². The molecule has 5 nitrogen and oxygen atoms in total. The van der Waals surface area contributed by atoms with E-state index in [-0.39, 0.29) is 24.3 Å². The van der Waals surface area contributed by atoms with Crippen LogP contribution in [-0.2, 0) is 16.1 Å². The molecule has 1 N–H and O–H groups in total. The van der Waals surface area contributed by atoms with Gasteiger partial charge in [-0.25, -0.2) is 0 Å². The first-order valence-corrected chi connectivity index (χ1v) is 8.13. The molecule has 22 heavy (non-hydrogen) atoms. The van der Waals surface area contributed by atoms with Crippen LogP contribution in [0.15, 0.2) is 46.9 Å². The monoisotopic (exact) mass is 315 g/mol. The van der Waals surface area contributed by atoms with Gasteiger partial charge in [-0.1, -0.05) is 30.3 Å². The summed E-state index contributed by atoms with van der Waals surface area (Å²) >= 11 is 1.41. The Hall–Kier alpha value is -2.21. The number of rotatable bonds is 5. The Kier molecular flexibility index (Phi) is 4.48. The topological polar surface area (TPSA) is 63.5 Å². The van der Waals surface area contributed by atoms with Crippen molar-refractivity contribution in [2.75, 3.05) is 6.54 Å². The average Bonchev–Trinajstić information content (AvgIpc) is 3.30. The molecule has 114 valence electrons. The van der Waals surface area contributed by atoms with E-state index in [0.717, 1.165) is 18.4 Å². The van der Waals surface area contributed by atoms with Crippen LogP contribution < -0.4 is 10.1 Å². The van der Waals surface area contributed by atoms with Crippen LogP contribution in [0.25, 0.3) is 0 Å². The minimum absolute atomic E-state index is 0.0292. The minimum Gasteiger partial charge on any atom is -0.347 e. The molecule has 0 atom stereocenters. The highest BCUT2D eigenvalue weighted by Gasteiger charge is 2.29. The van der Waals surface area contributed by atoms with E-state index in [1.165, 1.54) is 11.3 Å². The van der Waals surface area contributed by atoms with E-state index in [0.29, 0.717) is 11.3 Å². The van der Waals surface area contributed by atoms with Crippen molar-refractivity contribution < 1.29 is 9.59 Å². The summed E-state index contributed by atoms with van der Waals surface area (Å²) in [4.78, 5) is 28.1. The lowest BCUT2D eigenvalue weighted by Crippen LogP contribution is -2.31. The molecule has 1 heterocycles. The fraction of sp³-hybridized carbons (Fsp3) is 0.312. The lowest BCUT2D eigenvalue weighted by molar-refractivity contribution is -0.125. The lowest BCUT2D eigenvalue weighted by atomic mass is 10.2. The van der Waals surface area contributed by atoms with Crippen LogP contribution in [0.2, 0.25) is 0 Å². The molecular weight excluding hydrogens is 298 g/mol. The highest BCUT2D eigenvalue weighted by atomic mass is 32.1. The van der Waals surface area contributed by atoms with E-state index in [1.54, 1.807) is 0 Å². The lowest BCUT2D eigenvalue weighted by Gasteiger charge is -2.03. The Morgan fingerprint density at radius 3 is 2.77 bits per heavy atom. The molecule has 1 saturated carbocycles. The summed E-state index contributed by atoms with van der Waals surface area (Å²) in [5.74, 6) is -0.247.